The van der Waals surface area contributed by atoms with Crippen LogP contribution in [0.25, 0.3) is 0 Å². The molecule has 150 valence electrons. The Kier molecular flexibility index (Phi) is 6.80. The average molecular weight is 409 g/mol. The van der Waals surface area contributed by atoms with Crippen molar-refractivity contribution < 1.29 is 13.2 Å². The molecule has 0 aliphatic heterocycles. The first-order valence-corrected chi connectivity index (χ1v) is 10.9. The number of benzene rings is 3. The molecule has 0 radical (unpaired) electrons. The topological polar surface area (TPSA) is 75.3 Å². The van der Waals surface area contributed by atoms with Crippen molar-refractivity contribution in [3.8, 4) is 0 Å². The highest BCUT2D eigenvalue weighted by Gasteiger charge is 2.18. The first kappa shape index (κ1) is 20.8. The Morgan fingerprint density at radius 3 is 1.86 bits per heavy atom. The third kappa shape index (κ3) is 5.76. The largest absolute Gasteiger partial charge is 0.345 e. The van der Waals surface area contributed by atoms with E-state index in [1.54, 1.807) is 24.3 Å². The van der Waals surface area contributed by atoms with Crippen molar-refractivity contribution in [2.75, 3.05) is 6.54 Å². The van der Waals surface area contributed by atoms with Crippen molar-refractivity contribution in [3.05, 3.63) is 102 Å². The van der Waals surface area contributed by atoms with Gasteiger partial charge in [0.1, 0.15) is 0 Å². The molecule has 1 amide bonds. The van der Waals surface area contributed by atoms with Gasteiger partial charge in [0.15, 0.2) is 0 Å². The minimum atomic E-state index is -3.64. The van der Waals surface area contributed by atoms with Gasteiger partial charge in [-0.15, -0.1) is 0 Å². The first-order valence-electron chi connectivity index (χ1n) is 9.41. The molecular formula is C23H24N2O3S. The van der Waals surface area contributed by atoms with Gasteiger partial charge in [0.2, 0.25) is 15.9 Å². The molecule has 0 aromatic heterocycles. The van der Waals surface area contributed by atoms with Crippen LogP contribution >= 0.6 is 0 Å². The minimum absolute atomic E-state index is 0.0261. The normalized spacial score (nSPS) is 11.4. The second-order valence-electron chi connectivity index (χ2n) is 6.78. The van der Waals surface area contributed by atoms with Gasteiger partial charge < -0.3 is 5.32 Å². The summed E-state index contributed by atoms with van der Waals surface area (Å²) in [6.07, 6.45) is 0.0429. The second kappa shape index (κ2) is 9.49. The molecule has 6 heteroatoms. The summed E-state index contributed by atoms with van der Waals surface area (Å²) in [5.74, 6) is -0.227. The van der Waals surface area contributed by atoms with Gasteiger partial charge in [0.05, 0.1) is 10.9 Å². The van der Waals surface area contributed by atoms with E-state index in [-0.39, 0.29) is 29.8 Å². The van der Waals surface area contributed by atoms with Crippen LogP contribution in [-0.2, 0) is 14.8 Å². The SMILES string of the molecule is Cc1ccc(S(=O)(=O)NCCC(=O)NC(c2ccccc2)c2ccccc2)cc1. The van der Waals surface area contributed by atoms with E-state index in [9.17, 15) is 13.2 Å². The van der Waals surface area contributed by atoms with Gasteiger partial charge in [0, 0.05) is 13.0 Å². The Balaban J connectivity index is 1.63. The Morgan fingerprint density at radius 2 is 1.34 bits per heavy atom. The maximum absolute atomic E-state index is 12.5. The van der Waals surface area contributed by atoms with Crippen LogP contribution in [0.4, 0.5) is 0 Å². The Morgan fingerprint density at radius 1 is 0.828 bits per heavy atom. The highest BCUT2D eigenvalue weighted by Crippen LogP contribution is 2.21. The van der Waals surface area contributed by atoms with Crippen LogP contribution in [0.15, 0.2) is 89.8 Å². The van der Waals surface area contributed by atoms with E-state index in [1.165, 1.54) is 0 Å². The van der Waals surface area contributed by atoms with Crippen molar-refractivity contribution in [2.45, 2.75) is 24.3 Å². The molecule has 0 saturated carbocycles. The molecule has 0 unspecified atom stereocenters. The number of amides is 1. The molecule has 3 aromatic rings. The predicted molar refractivity (Wildman–Crippen MR) is 114 cm³/mol. The van der Waals surface area contributed by atoms with Crippen molar-refractivity contribution in [3.63, 3.8) is 0 Å². The number of carbonyl (C=O) groups excluding carboxylic acids is 1. The molecule has 0 aliphatic rings. The van der Waals surface area contributed by atoms with E-state index in [0.29, 0.717) is 0 Å². The van der Waals surface area contributed by atoms with Gasteiger partial charge in [-0.05, 0) is 30.2 Å². The summed E-state index contributed by atoms with van der Waals surface area (Å²) in [6, 6.07) is 25.7. The van der Waals surface area contributed by atoms with E-state index in [1.807, 2.05) is 67.6 Å². The summed E-state index contributed by atoms with van der Waals surface area (Å²) in [5, 5.41) is 3.01. The van der Waals surface area contributed by atoms with E-state index in [4.69, 9.17) is 0 Å². The molecule has 3 rings (SSSR count). The summed E-state index contributed by atoms with van der Waals surface area (Å²) in [7, 11) is -3.64. The molecule has 3 aromatic carbocycles. The standard InChI is InChI=1S/C23H24N2O3S/c1-18-12-14-21(15-13-18)29(27,28)24-17-16-22(26)25-23(19-8-4-2-5-9-19)20-10-6-3-7-11-20/h2-15,23-24H,16-17H2,1H3,(H,25,26). The highest BCUT2D eigenvalue weighted by atomic mass is 32.2. The molecular weight excluding hydrogens is 384 g/mol. The van der Waals surface area contributed by atoms with Crippen LogP contribution in [0, 0.1) is 6.92 Å². The van der Waals surface area contributed by atoms with Crippen LogP contribution in [0.2, 0.25) is 0 Å². The predicted octanol–water partition coefficient (Wildman–Crippen LogP) is 3.57. The lowest BCUT2D eigenvalue weighted by Gasteiger charge is -2.20. The Labute approximate surface area is 171 Å². The van der Waals surface area contributed by atoms with Gasteiger partial charge in [0.25, 0.3) is 0 Å². The number of carbonyl (C=O) groups is 1. The van der Waals surface area contributed by atoms with Crippen LogP contribution in [0.1, 0.15) is 29.2 Å². The van der Waals surface area contributed by atoms with Gasteiger partial charge in [-0.25, -0.2) is 13.1 Å². The quantitative estimate of drug-likeness (QED) is 0.598. The molecule has 5 nitrogen and oxygen atoms in total. The van der Waals surface area contributed by atoms with Gasteiger partial charge in [-0.3, -0.25) is 4.79 Å². The molecule has 0 bridgehead atoms. The van der Waals surface area contributed by atoms with E-state index in [2.05, 4.69) is 10.0 Å². The lowest BCUT2D eigenvalue weighted by atomic mass is 9.98. The number of aryl methyl sites for hydroxylation is 1. The zero-order valence-corrected chi connectivity index (χ0v) is 17.0. The molecule has 0 saturated heterocycles. The Hall–Kier alpha value is -2.96. The summed E-state index contributed by atoms with van der Waals surface area (Å²) >= 11 is 0. The fraction of sp³-hybridized carbons (Fsp3) is 0.174. The number of sulfonamides is 1. The maximum Gasteiger partial charge on any atom is 0.240 e. The number of hydrogen-bond acceptors (Lipinski definition) is 3. The van der Waals surface area contributed by atoms with Crippen molar-refractivity contribution in [1.29, 1.82) is 0 Å². The summed E-state index contributed by atoms with van der Waals surface area (Å²) in [4.78, 5) is 12.7. The van der Waals surface area contributed by atoms with Crippen molar-refractivity contribution in [1.82, 2.24) is 10.0 Å². The van der Waals surface area contributed by atoms with E-state index >= 15 is 0 Å². The zero-order chi connectivity index (χ0) is 20.7. The molecule has 0 spiro atoms. The lowest BCUT2D eigenvalue weighted by Crippen LogP contribution is -2.33. The lowest BCUT2D eigenvalue weighted by molar-refractivity contribution is -0.121. The van der Waals surface area contributed by atoms with Crippen LogP contribution in [0.5, 0.6) is 0 Å². The van der Waals surface area contributed by atoms with Crippen molar-refractivity contribution >= 4 is 15.9 Å². The van der Waals surface area contributed by atoms with Crippen LogP contribution in [-0.4, -0.2) is 20.9 Å². The van der Waals surface area contributed by atoms with Crippen LogP contribution < -0.4 is 10.0 Å². The summed E-state index contributed by atoms with van der Waals surface area (Å²) in [6.45, 7) is 1.92. The first-order chi connectivity index (χ1) is 14.0. The van der Waals surface area contributed by atoms with E-state index in [0.717, 1.165) is 16.7 Å². The van der Waals surface area contributed by atoms with Gasteiger partial charge in [-0.1, -0.05) is 78.4 Å². The zero-order valence-electron chi connectivity index (χ0n) is 16.2. The molecule has 0 fully saturated rings. The monoisotopic (exact) mass is 408 g/mol. The van der Waals surface area contributed by atoms with Crippen molar-refractivity contribution in [2.24, 2.45) is 0 Å². The summed E-state index contributed by atoms with van der Waals surface area (Å²) < 4.78 is 27.2. The third-order valence-electron chi connectivity index (χ3n) is 4.55. The highest BCUT2D eigenvalue weighted by molar-refractivity contribution is 7.89. The van der Waals surface area contributed by atoms with Crippen LogP contribution in [0.3, 0.4) is 0 Å². The fourth-order valence-electron chi connectivity index (χ4n) is 2.98. The number of hydrogen-bond donors (Lipinski definition) is 2. The number of nitrogens with one attached hydrogen (secondary N) is 2. The second-order valence-corrected chi connectivity index (χ2v) is 8.55. The van der Waals surface area contributed by atoms with Gasteiger partial charge >= 0.3 is 0 Å². The average Bonchev–Trinajstić information content (AvgIpc) is 2.73. The third-order valence-corrected chi connectivity index (χ3v) is 6.02. The van der Waals surface area contributed by atoms with E-state index < -0.39 is 10.0 Å². The molecule has 29 heavy (non-hydrogen) atoms. The maximum atomic E-state index is 12.5. The summed E-state index contributed by atoms with van der Waals surface area (Å²) in [5.41, 5.74) is 2.91. The number of rotatable bonds is 8. The molecule has 0 aliphatic carbocycles. The minimum Gasteiger partial charge on any atom is -0.345 e. The molecule has 0 atom stereocenters. The smallest absolute Gasteiger partial charge is 0.240 e. The Bertz CT molecular complexity index is 995. The fourth-order valence-corrected chi connectivity index (χ4v) is 4.01. The van der Waals surface area contributed by atoms with Gasteiger partial charge in [-0.2, -0.15) is 0 Å². The molecule has 0 heterocycles. The molecule has 2 N–H and O–H groups in total.